The molecule has 0 radical (unpaired) electrons. The van der Waals surface area contributed by atoms with E-state index in [1.807, 2.05) is 31.8 Å². The molecule has 0 amide bonds. The molecule has 2 aliphatic heterocycles. The molecule has 2 unspecified atom stereocenters. The van der Waals surface area contributed by atoms with Crippen molar-refractivity contribution in [3.8, 4) is 28.3 Å². The summed E-state index contributed by atoms with van der Waals surface area (Å²) in [5.74, 6) is 0.960. The summed E-state index contributed by atoms with van der Waals surface area (Å²) in [4.78, 5) is 7.20. The number of rotatable bonds is 3. The second-order valence-corrected chi connectivity index (χ2v) is 8.83. The molecular formula is C24H23N7O. The Morgan fingerprint density at radius 2 is 1.81 bits per heavy atom. The van der Waals surface area contributed by atoms with Crippen molar-refractivity contribution in [2.24, 2.45) is 7.05 Å². The zero-order valence-corrected chi connectivity index (χ0v) is 17.8. The molecule has 0 aliphatic carbocycles. The first-order valence-electron chi connectivity index (χ1n) is 10.9. The van der Waals surface area contributed by atoms with Crippen LogP contribution < -0.4 is 4.90 Å². The number of fused-ring (bicyclic) bond motifs is 3. The molecule has 160 valence electrons. The summed E-state index contributed by atoms with van der Waals surface area (Å²) in [7, 11) is 1.89. The Morgan fingerprint density at radius 1 is 1.00 bits per heavy atom. The third kappa shape index (κ3) is 2.97. The molecule has 4 aromatic rings. The van der Waals surface area contributed by atoms with Crippen LogP contribution in [0.3, 0.4) is 0 Å². The highest BCUT2D eigenvalue weighted by Crippen LogP contribution is 2.39. The van der Waals surface area contributed by atoms with Crippen LogP contribution in [-0.4, -0.2) is 47.7 Å². The lowest BCUT2D eigenvalue weighted by Crippen LogP contribution is -2.45. The van der Waals surface area contributed by atoms with Gasteiger partial charge in [0.15, 0.2) is 0 Å². The van der Waals surface area contributed by atoms with Gasteiger partial charge in [-0.15, -0.1) is 0 Å². The van der Waals surface area contributed by atoms with E-state index in [2.05, 4.69) is 39.4 Å². The number of aryl methyl sites for hydroxylation is 1. The van der Waals surface area contributed by atoms with Crippen LogP contribution in [0.25, 0.3) is 27.8 Å². The molecule has 2 saturated heterocycles. The molecule has 2 fully saturated rings. The predicted molar refractivity (Wildman–Crippen MR) is 120 cm³/mol. The maximum absolute atomic E-state index is 10.1. The van der Waals surface area contributed by atoms with Crippen molar-refractivity contribution in [2.45, 2.75) is 43.9 Å². The van der Waals surface area contributed by atoms with Crippen molar-refractivity contribution in [3.63, 3.8) is 0 Å². The van der Waals surface area contributed by atoms with Crippen LogP contribution in [0.15, 0.2) is 49.2 Å². The molecule has 1 N–H and O–H groups in total. The van der Waals surface area contributed by atoms with Gasteiger partial charge in [0.25, 0.3) is 0 Å². The van der Waals surface area contributed by atoms with Gasteiger partial charge in [-0.1, -0.05) is 0 Å². The van der Waals surface area contributed by atoms with Crippen LogP contribution in [0.4, 0.5) is 5.82 Å². The van der Waals surface area contributed by atoms with Crippen molar-refractivity contribution in [2.75, 3.05) is 4.90 Å². The summed E-state index contributed by atoms with van der Waals surface area (Å²) in [6.45, 7) is 0. The highest BCUT2D eigenvalue weighted by molar-refractivity contribution is 5.87. The number of piperidine rings is 1. The molecular weight excluding hydrogens is 402 g/mol. The predicted octanol–water partition coefficient (Wildman–Crippen LogP) is 3.16. The SMILES string of the molecule is Cn1cc(-c2cc(-c3ccc(N4C5CC[C@H]4CC(O)C5)nc3)c3c(C#N)cnn3c2)cn1. The third-order valence-corrected chi connectivity index (χ3v) is 6.80. The molecule has 32 heavy (non-hydrogen) atoms. The number of pyridine rings is 2. The minimum absolute atomic E-state index is 0.196. The average molecular weight is 425 g/mol. The molecule has 2 aliphatic rings. The summed E-state index contributed by atoms with van der Waals surface area (Å²) in [5.41, 5.74) is 5.11. The zero-order chi connectivity index (χ0) is 21.8. The number of aromatic nitrogens is 5. The normalized spacial score (nSPS) is 22.4. The highest BCUT2D eigenvalue weighted by atomic mass is 16.3. The van der Waals surface area contributed by atoms with Crippen LogP contribution in [0.2, 0.25) is 0 Å². The second kappa shape index (κ2) is 7.18. The van der Waals surface area contributed by atoms with Crippen LogP contribution in [0.1, 0.15) is 31.2 Å². The molecule has 0 saturated carbocycles. The van der Waals surface area contributed by atoms with E-state index < -0.39 is 0 Å². The molecule has 4 aromatic heterocycles. The van der Waals surface area contributed by atoms with Crippen molar-refractivity contribution in [1.29, 1.82) is 5.26 Å². The molecule has 3 atom stereocenters. The lowest BCUT2D eigenvalue weighted by molar-refractivity contribution is 0.126. The first kappa shape index (κ1) is 19.0. The van der Waals surface area contributed by atoms with E-state index in [4.69, 9.17) is 4.98 Å². The van der Waals surface area contributed by atoms with Gasteiger partial charge in [-0.25, -0.2) is 9.50 Å². The van der Waals surface area contributed by atoms with E-state index in [0.29, 0.717) is 17.6 Å². The highest BCUT2D eigenvalue weighted by Gasteiger charge is 2.40. The lowest BCUT2D eigenvalue weighted by atomic mass is 9.99. The van der Waals surface area contributed by atoms with E-state index in [0.717, 1.165) is 59.3 Å². The summed E-state index contributed by atoms with van der Waals surface area (Å²) >= 11 is 0. The summed E-state index contributed by atoms with van der Waals surface area (Å²) in [6.07, 6.45) is 12.8. The third-order valence-electron chi connectivity index (χ3n) is 6.80. The number of hydrogen-bond donors (Lipinski definition) is 1. The Labute approximate surface area is 185 Å². The number of nitrogens with zero attached hydrogens (tertiary/aromatic N) is 7. The summed E-state index contributed by atoms with van der Waals surface area (Å²) in [5, 5.41) is 28.4. The number of hydrogen-bond acceptors (Lipinski definition) is 6. The van der Waals surface area contributed by atoms with Gasteiger partial charge in [0.1, 0.15) is 11.9 Å². The fraction of sp³-hybridized carbons (Fsp3) is 0.333. The summed E-state index contributed by atoms with van der Waals surface area (Å²) in [6, 6.07) is 9.20. The van der Waals surface area contributed by atoms with Gasteiger partial charge >= 0.3 is 0 Å². The minimum Gasteiger partial charge on any atom is -0.393 e. The minimum atomic E-state index is -0.196. The molecule has 8 nitrogen and oxygen atoms in total. The topological polar surface area (TPSA) is 95.3 Å². The summed E-state index contributed by atoms with van der Waals surface area (Å²) < 4.78 is 3.53. The van der Waals surface area contributed by atoms with Crippen LogP contribution in [-0.2, 0) is 7.05 Å². The van der Waals surface area contributed by atoms with Crippen LogP contribution in [0, 0.1) is 11.3 Å². The Kier molecular flexibility index (Phi) is 4.26. The van der Waals surface area contributed by atoms with Crippen molar-refractivity contribution < 1.29 is 5.11 Å². The Morgan fingerprint density at radius 3 is 2.47 bits per heavy atom. The standard InChI is InChI=1S/C24H23N7O/c1-29-13-18(12-27-29)16-6-22(24-17(9-25)11-28-30(24)14-16)15-2-5-23(26-10-15)31-19-3-4-20(31)8-21(32)7-19/h2,5-6,10-14,19-21,32H,3-4,7-8H2,1H3/t19-,20?,21?/m0/s1. The van der Waals surface area contributed by atoms with E-state index in [9.17, 15) is 10.4 Å². The molecule has 0 aromatic carbocycles. The Bertz CT molecular complexity index is 1330. The number of aliphatic hydroxyl groups excluding tert-OH is 1. The van der Waals surface area contributed by atoms with E-state index >= 15 is 0 Å². The molecule has 0 spiro atoms. The number of anilines is 1. The van der Waals surface area contributed by atoms with Crippen molar-refractivity contribution in [1.82, 2.24) is 24.4 Å². The smallest absolute Gasteiger partial charge is 0.129 e. The van der Waals surface area contributed by atoms with Gasteiger partial charge in [-0.05, 0) is 43.9 Å². The number of aliphatic hydroxyl groups is 1. The van der Waals surface area contributed by atoms with E-state index in [1.165, 1.54) is 0 Å². The van der Waals surface area contributed by atoms with Gasteiger partial charge in [-0.3, -0.25) is 4.68 Å². The first-order chi connectivity index (χ1) is 15.6. The van der Waals surface area contributed by atoms with Gasteiger partial charge in [0, 0.05) is 60.0 Å². The van der Waals surface area contributed by atoms with Crippen molar-refractivity contribution >= 4 is 11.3 Å². The average Bonchev–Trinajstić information content (AvgIpc) is 3.49. The van der Waals surface area contributed by atoms with Gasteiger partial charge in [-0.2, -0.15) is 15.5 Å². The lowest BCUT2D eigenvalue weighted by Gasteiger charge is -2.38. The van der Waals surface area contributed by atoms with Crippen molar-refractivity contribution in [3.05, 3.63) is 54.7 Å². The monoisotopic (exact) mass is 425 g/mol. The maximum Gasteiger partial charge on any atom is 0.129 e. The Hall–Kier alpha value is -3.70. The molecule has 8 heteroatoms. The van der Waals surface area contributed by atoms with Gasteiger partial charge in [0.05, 0.1) is 29.6 Å². The van der Waals surface area contributed by atoms with E-state index in [-0.39, 0.29) is 6.10 Å². The van der Waals surface area contributed by atoms with E-state index in [1.54, 1.807) is 15.4 Å². The largest absolute Gasteiger partial charge is 0.393 e. The molecule has 6 rings (SSSR count). The fourth-order valence-electron chi connectivity index (χ4n) is 5.37. The van der Waals surface area contributed by atoms with Gasteiger partial charge < -0.3 is 10.0 Å². The van der Waals surface area contributed by atoms with Gasteiger partial charge in [0.2, 0.25) is 0 Å². The maximum atomic E-state index is 10.1. The fourth-order valence-corrected chi connectivity index (χ4v) is 5.37. The quantitative estimate of drug-likeness (QED) is 0.542. The second-order valence-electron chi connectivity index (χ2n) is 8.83. The number of nitriles is 1. The zero-order valence-electron chi connectivity index (χ0n) is 17.8. The van der Waals surface area contributed by atoms with Crippen LogP contribution >= 0.6 is 0 Å². The first-order valence-corrected chi connectivity index (χ1v) is 10.9. The van der Waals surface area contributed by atoms with Crippen LogP contribution in [0.5, 0.6) is 0 Å². The Balaban J connectivity index is 1.43. The molecule has 2 bridgehead atoms. The molecule has 6 heterocycles.